The number of ether oxygens (including phenoxy) is 1. The Hall–Kier alpha value is -2.44. The predicted octanol–water partition coefficient (Wildman–Crippen LogP) is 16.4. The quantitative estimate of drug-likeness (QED) is 0.0321. The van der Waals surface area contributed by atoms with Crippen LogP contribution in [0.4, 0.5) is 0 Å². The van der Waals surface area contributed by atoms with Gasteiger partial charge in [0.05, 0.1) is 25.2 Å². The summed E-state index contributed by atoms with van der Waals surface area (Å²) < 4.78 is 5.93. The highest BCUT2D eigenvalue weighted by Gasteiger charge is 2.24. The van der Waals surface area contributed by atoms with Crippen molar-refractivity contribution < 1.29 is 24.5 Å². The number of aliphatic hydroxyl groups is 2. The Morgan fingerprint density at radius 2 is 0.841 bits per heavy atom. The fourth-order valence-corrected chi connectivity index (χ4v) is 8.11. The van der Waals surface area contributed by atoms with Crippen molar-refractivity contribution >= 4 is 11.9 Å². The Labute approximate surface area is 390 Å². The molecule has 366 valence electrons. The molecule has 0 spiro atoms. The minimum atomic E-state index is -0.800. The molecule has 6 nitrogen and oxygen atoms in total. The fourth-order valence-electron chi connectivity index (χ4n) is 8.11. The van der Waals surface area contributed by atoms with Crippen LogP contribution in [-0.2, 0) is 14.3 Å². The van der Waals surface area contributed by atoms with Gasteiger partial charge >= 0.3 is 5.97 Å². The Morgan fingerprint density at radius 3 is 1.29 bits per heavy atom. The zero-order chi connectivity index (χ0) is 45.9. The number of unbranched alkanes of at least 4 members (excludes halogenated alkanes) is 30. The molecular formula is C57H103NO5. The summed E-state index contributed by atoms with van der Waals surface area (Å²) in [6, 6.07) is -0.716. The number of amides is 1. The van der Waals surface area contributed by atoms with Crippen LogP contribution in [-0.4, -0.2) is 46.9 Å². The summed E-state index contributed by atoms with van der Waals surface area (Å²) in [5.41, 5.74) is 0. The Balaban J connectivity index is 4.64. The second kappa shape index (κ2) is 50.6. The number of hydrogen-bond acceptors (Lipinski definition) is 5. The largest absolute Gasteiger partial charge is 0.462 e. The lowest BCUT2D eigenvalue weighted by Gasteiger charge is -2.24. The van der Waals surface area contributed by atoms with Crippen LogP contribution in [0.25, 0.3) is 0 Å². The van der Waals surface area contributed by atoms with Crippen LogP contribution in [0.3, 0.4) is 0 Å². The van der Waals surface area contributed by atoms with E-state index in [9.17, 15) is 19.8 Å². The van der Waals surface area contributed by atoms with Crippen molar-refractivity contribution in [3.05, 3.63) is 60.8 Å². The van der Waals surface area contributed by atoms with E-state index in [2.05, 4.69) is 50.4 Å². The van der Waals surface area contributed by atoms with E-state index in [0.717, 1.165) is 70.6 Å². The number of aliphatic hydroxyl groups excluding tert-OH is 2. The number of carbonyl (C=O) groups is 2. The van der Waals surface area contributed by atoms with E-state index in [0.29, 0.717) is 19.3 Å². The SMILES string of the molecule is CCC/C=C/C=C/C=C/C=C/C=C/CCCCCC(CC(=O)NC(CO)C(O)CCCCCCCCCCCCCCCCC)OC(=O)CCCCCCCCCCCCCCC. The van der Waals surface area contributed by atoms with Gasteiger partial charge in [0, 0.05) is 6.42 Å². The second-order valence-corrected chi connectivity index (χ2v) is 18.4. The van der Waals surface area contributed by atoms with Gasteiger partial charge in [0.1, 0.15) is 6.10 Å². The third kappa shape index (κ3) is 45.9. The minimum absolute atomic E-state index is 0.0505. The van der Waals surface area contributed by atoms with E-state index in [4.69, 9.17) is 4.74 Å². The normalized spacial score (nSPS) is 13.7. The average molecular weight is 882 g/mol. The Morgan fingerprint density at radius 1 is 0.460 bits per heavy atom. The van der Waals surface area contributed by atoms with Gasteiger partial charge in [-0.2, -0.15) is 0 Å². The van der Waals surface area contributed by atoms with Gasteiger partial charge < -0.3 is 20.3 Å². The summed E-state index contributed by atoms with van der Waals surface area (Å²) in [6.45, 7) is 6.40. The maximum absolute atomic E-state index is 13.2. The highest BCUT2D eigenvalue weighted by Crippen LogP contribution is 2.18. The Kier molecular flexibility index (Phi) is 48.6. The molecule has 0 aromatic carbocycles. The van der Waals surface area contributed by atoms with Crippen LogP contribution in [0.5, 0.6) is 0 Å². The molecule has 63 heavy (non-hydrogen) atoms. The van der Waals surface area contributed by atoms with Crippen molar-refractivity contribution in [1.82, 2.24) is 5.32 Å². The number of rotatable bonds is 48. The first-order valence-corrected chi connectivity index (χ1v) is 27.1. The standard InChI is InChI=1S/C57H103NO5/c1-4-7-10-13-16-19-22-25-27-29-31-33-36-39-42-45-48-53(63-57(62)50-47-44-41-38-35-30-24-21-18-15-12-9-6-3)51-56(61)58-54(52-59)55(60)49-46-43-40-37-34-32-28-26-23-20-17-14-11-8-5-2/h10,13,16,19,22,25,27,29,31,33,53-55,59-60H,4-9,11-12,14-15,17-18,20-21,23-24,26,28,30,32,34-52H2,1-3H3,(H,58,61)/b13-10+,19-16+,25-22+,29-27+,33-31+. The van der Waals surface area contributed by atoms with E-state index in [1.807, 2.05) is 36.5 Å². The minimum Gasteiger partial charge on any atom is -0.462 e. The fraction of sp³-hybridized carbons (Fsp3) is 0.789. The molecule has 6 heteroatoms. The molecule has 0 aromatic heterocycles. The van der Waals surface area contributed by atoms with E-state index in [1.165, 1.54) is 148 Å². The first-order valence-electron chi connectivity index (χ1n) is 27.1. The number of esters is 1. The maximum Gasteiger partial charge on any atom is 0.306 e. The first kappa shape index (κ1) is 60.6. The molecule has 0 aliphatic heterocycles. The van der Waals surface area contributed by atoms with Crippen LogP contribution in [0.15, 0.2) is 60.8 Å². The second-order valence-electron chi connectivity index (χ2n) is 18.4. The van der Waals surface area contributed by atoms with E-state index >= 15 is 0 Å². The molecule has 3 unspecified atom stereocenters. The van der Waals surface area contributed by atoms with Crippen LogP contribution < -0.4 is 5.32 Å². The number of allylic oxidation sites excluding steroid dienone is 10. The topological polar surface area (TPSA) is 95.9 Å². The molecule has 0 radical (unpaired) electrons. The molecular weight excluding hydrogens is 779 g/mol. The molecule has 0 bridgehead atoms. The smallest absolute Gasteiger partial charge is 0.306 e. The molecule has 0 heterocycles. The van der Waals surface area contributed by atoms with Gasteiger partial charge in [-0.1, -0.05) is 268 Å². The lowest BCUT2D eigenvalue weighted by Crippen LogP contribution is -2.46. The monoisotopic (exact) mass is 882 g/mol. The van der Waals surface area contributed by atoms with Gasteiger partial charge in [-0.05, 0) is 44.9 Å². The molecule has 3 atom stereocenters. The van der Waals surface area contributed by atoms with Crippen LogP contribution in [0, 0.1) is 0 Å². The predicted molar refractivity (Wildman–Crippen MR) is 273 cm³/mol. The summed E-state index contributed by atoms with van der Waals surface area (Å²) in [7, 11) is 0. The molecule has 0 aromatic rings. The van der Waals surface area contributed by atoms with Crippen molar-refractivity contribution in [2.24, 2.45) is 0 Å². The van der Waals surface area contributed by atoms with E-state index in [-0.39, 0.29) is 24.9 Å². The van der Waals surface area contributed by atoms with E-state index in [1.54, 1.807) is 0 Å². The molecule has 0 aliphatic carbocycles. The molecule has 0 saturated heterocycles. The summed E-state index contributed by atoms with van der Waals surface area (Å²) in [5.74, 6) is -0.509. The molecule has 0 aliphatic rings. The van der Waals surface area contributed by atoms with Crippen LogP contribution >= 0.6 is 0 Å². The summed E-state index contributed by atoms with van der Waals surface area (Å²) >= 11 is 0. The van der Waals surface area contributed by atoms with Gasteiger partial charge in [-0.3, -0.25) is 9.59 Å². The molecule has 0 rings (SSSR count). The highest BCUT2D eigenvalue weighted by atomic mass is 16.5. The first-order chi connectivity index (χ1) is 31.0. The highest BCUT2D eigenvalue weighted by molar-refractivity contribution is 5.77. The average Bonchev–Trinajstić information content (AvgIpc) is 3.28. The molecule has 3 N–H and O–H groups in total. The number of carbonyl (C=O) groups excluding carboxylic acids is 2. The zero-order valence-electron chi connectivity index (χ0n) is 41.7. The lowest BCUT2D eigenvalue weighted by molar-refractivity contribution is -0.151. The van der Waals surface area contributed by atoms with Crippen molar-refractivity contribution in [1.29, 1.82) is 0 Å². The van der Waals surface area contributed by atoms with Gasteiger partial charge in [-0.25, -0.2) is 0 Å². The summed E-state index contributed by atoms with van der Waals surface area (Å²) in [6.07, 6.45) is 62.7. The molecule has 0 fully saturated rings. The van der Waals surface area contributed by atoms with E-state index < -0.39 is 18.2 Å². The number of hydrogen-bond donors (Lipinski definition) is 3. The summed E-state index contributed by atoms with van der Waals surface area (Å²) in [4.78, 5) is 26.2. The van der Waals surface area contributed by atoms with Gasteiger partial charge in [0.15, 0.2) is 0 Å². The van der Waals surface area contributed by atoms with Gasteiger partial charge in [0.25, 0.3) is 0 Å². The van der Waals surface area contributed by atoms with Crippen molar-refractivity contribution in [2.75, 3.05) is 6.61 Å². The summed E-state index contributed by atoms with van der Waals surface area (Å²) in [5, 5.41) is 23.8. The number of nitrogens with one attached hydrogen (secondary N) is 1. The van der Waals surface area contributed by atoms with Gasteiger partial charge in [0.2, 0.25) is 5.91 Å². The van der Waals surface area contributed by atoms with Crippen molar-refractivity contribution in [3.8, 4) is 0 Å². The van der Waals surface area contributed by atoms with Crippen molar-refractivity contribution in [2.45, 2.75) is 283 Å². The maximum atomic E-state index is 13.2. The third-order valence-electron chi connectivity index (χ3n) is 12.2. The van der Waals surface area contributed by atoms with Crippen LogP contribution in [0.1, 0.15) is 265 Å². The lowest BCUT2D eigenvalue weighted by atomic mass is 10.0. The molecule has 1 amide bonds. The zero-order valence-corrected chi connectivity index (χ0v) is 41.7. The van der Waals surface area contributed by atoms with Crippen LogP contribution in [0.2, 0.25) is 0 Å². The molecule has 0 saturated carbocycles. The Bertz CT molecular complexity index is 1130. The van der Waals surface area contributed by atoms with Gasteiger partial charge in [-0.15, -0.1) is 0 Å². The third-order valence-corrected chi connectivity index (χ3v) is 12.2. The van der Waals surface area contributed by atoms with Crippen molar-refractivity contribution in [3.63, 3.8) is 0 Å².